The van der Waals surface area contributed by atoms with E-state index in [0.717, 1.165) is 5.56 Å². The highest BCUT2D eigenvalue weighted by Gasteiger charge is 2.04. The van der Waals surface area contributed by atoms with E-state index in [9.17, 15) is 14.4 Å². The third-order valence-corrected chi connectivity index (χ3v) is 2.31. The molecule has 0 unspecified atom stereocenters. The first-order valence-electron chi connectivity index (χ1n) is 5.85. The van der Waals surface area contributed by atoms with E-state index in [1.165, 1.54) is 0 Å². The first-order chi connectivity index (χ1) is 10.0. The van der Waals surface area contributed by atoms with E-state index in [2.05, 4.69) is 14.8 Å². The summed E-state index contributed by atoms with van der Waals surface area (Å²) in [4.78, 5) is 31.5. The van der Waals surface area contributed by atoms with Crippen LogP contribution >= 0.6 is 0 Å². The van der Waals surface area contributed by atoms with E-state index >= 15 is 0 Å². The van der Waals surface area contributed by atoms with Crippen molar-refractivity contribution in [2.75, 3.05) is 18.5 Å². The van der Waals surface area contributed by atoms with Crippen molar-refractivity contribution in [3.05, 3.63) is 35.4 Å². The largest absolute Gasteiger partial charge is 0.470 e. The fourth-order valence-corrected chi connectivity index (χ4v) is 1.43. The summed E-state index contributed by atoms with van der Waals surface area (Å²) in [5.74, 6) is -1.88. The van der Waals surface area contributed by atoms with Crippen LogP contribution in [-0.2, 0) is 14.3 Å². The molecule has 4 radical (unpaired) electrons. The first-order valence-corrected chi connectivity index (χ1v) is 5.85. The molecule has 1 amide bonds. The predicted octanol–water partition coefficient (Wildman–Crippen LogP) is 1.25. The Morgan fingerprint density at radius 3 is 2.00 bits per heavy atom. The van der Waals surface area contributed by atoms with E-state index in [0.29, 0.717) is 17.7 Å². The zero-order valence-corrected chi connectivity index (χ0v) is 11.1. The molecule has 0 saturated carbocycles. The van der Waals surface area contributed by atoms with Crippen molar-refractivity contribution in [1.29, 1.82) is 0 Å². The molecule has 1 N–H and O–H groups in total. The Morgan fingerprint density at radius 2 is 1.57 bits per heavy atom. The number of rotatable bonds is 7. The minimum Gasteiger partial charge on any atom is -0.470 e. The van der Waals surface area contributed by atoms with Gasteiger partial charge in [-0.15, -0.1) is 0 Å². The van der Waals surface area contributed by atoms with Crippen molar-refractivity contribution in [2.24, 2.45) is 0 Å². The van der Waals surface area contributed by atoms with Gasteiger partial charge in [-0.3, -0.25) is 14.4 Å². The molecule has 6 nitrogen and oxygen atoms in total. The topological polar surface area (TPSA) is 81.7 Å². The minimum absolute atomic E-state index is 0.128. The van der Waals surface area contributed by atoms with Gasteiger partial charge < -0.3 is 14.8 Å². The molecule has 0 aliphatic heterocycles. The lowest BCUT2D eigenvalue weighted by atomic mass is 10.1. The lowest BCUT2D eigenvalue weighted by Crippen LogP contribution is -2.11. The number of nitrogens with one attached hydrogen (secondary N) is 1. The van der Waals surface area contributed by atoms with E-state index < -0.39 is 11.7 Å². The zero-order chi connectivity index (χ0) is 15.7. The second kappa shape index (κ2) is 8.63. The summed E-state index contributed by atoms with van der Waals surface area (Å²) in [6.45, 7) is -0.256. The Hall–Kier alpha value is -2.50. The summed E-state index contributed by atoms with van der Waals surface area (Å²) >= 11 is 0. The van der Waals surface area contributed by atoms with E-state index in [1.807, 2.05) is 0 Å². The average molecular weight is 283 g/mol. The van der Waals surface area contributed by atoms with Crippen molar-refractivity contribution in [2.45, 2.75) is 0 Å². The first kappa shape index (κ1) is 16.6. The molecule has 0 aromatic heterocycles. The number of benzene rings is 1. The van der Waals surface area contributed by atoms with Crippen LogP contribution in [0.2, 0.25) is 0 Å². The molecule has 0 aliphatic rings. The summed E-state index contributed by atoms with van der Waals surface area (Å²) in [5, 5.41) is 2.50. The Labute approximate surface area is 124 Å². The summed E-state index contributed by atoms with van der Waals surface area (Å²) < 4.78 is 9.30. The van der Waals surface area contributed by atoms with Gasteiger partial charge >= 0.3 is 0 Å². The lowest BCUT2D eigenvalue weighted by molar-refractivity contribution is -0.105. The normalized spacial score (nSPS) is 9.33. The van der Waals surface area contributed by atoms with Crippen LogP contribution in [0.5, 0.6) is 0 Å². The molecule has 0 saturated heterocycles. The van der Waals surface area contributed by atoms with Crippen LogP contribution in [0, 0.1) is 0 Å². The third kappa shape index (κ3) is 7.00. The van der Waals surface area contributed by atoms with E-state index in [4.69, 9.17) is 15.7 Å². The van der Waals surface area contributed by atoms with Crippen molar-refractivity contribution in [3.8, 4) is 0 Å². The number of amides is 1. The molecule has 0 atom stereocenters. The maximum absolute atomic E-state index is 10.6. The van der Waals surface area contributed by atoms with Crippen molar-refractivity contribution in [3.63, 3.8) is 0 Å². The number of carbonyl (C=O) groups excluding carboxylic acids is 3. The number of hydrogen-bond donors (Lipinski definition) is 1. The molecule has 0 fully saturated rings. The Bertz CT molecular complexity index is 522. The van der Waals surface area contributed by atoms with Gasteiger partial charge in [0.15, 0.2) is 0 Å². The fourth-order valence-electron chi connectivity index (χ4n) is 1.43. The van der Waals surface area contributed by atoms with E-state index in [1.54, 1.807) is 30.3 Å². The van der Waals surface area contributed by atoms with Gasteiger partial charge in [0.25, 0.3) is 0 Å². The highest BCUT2D eigenvalue weighted by atomic mass is 16.5. The number of anilines is 1. The van der Waals surface area contributed by atoms with Gasteiger partial charge in [0.1, 0.15) is 13.2 Å². The van der Waals surface area contributed by atoms with Crippen LogP contribution in [0.3, 0.4) is 0 Å². The molecule has 0 heterocycles. The fraction of sp³-hybridized carbons (Fsp3) is 0.154. The smallest absolute Gasteiger partial charge is 0.236 e. The van der Waals surface area contributed by atoms with E-state index in [-0.39, 0.29) is 13.2 Å². The number of carbonyl (C=O) groups is 3. The van der Waals surface area contributed by atoms with Crippen LogP contribution in [-0.4, -0.2) is 47.1 Å². The van der Waals surface area contributed by atoms with Gasteiger partial charge in [0.05, 0.1) is 0 Å². The van der Waals surface area contributed by atoms with Gasteiger partial charge in [0.2, 0.25) is 33.8 Å². The highest BCUT2D eigenvalue weighted by molar-refractivity contribution is 6.55. The maximum atomic E-state index is 10.6. The average Bonchev–Trinajstić information content (AvgIpc) is 2.44. The molecule has 1 aromatic carbocycles. The van der Waals surface area contributed by atoms with Gasteiger partial charge in [-0.25, -0.2) is 0 Å². The van der Waals surface area contributed by atoms with Gasteiger partial charge in [-0.1, -0.05) is 12.1 Å². The Balaban J connectivity index is 2.80. The van der Waals surface area contributed by atoms with Crippen molar-refractivity contribution in [1.82, 2.24) is 0 Å². The number of hydrogen-bond acceptors (Lipinski definition) is 5. The summed E-state index contributed by atoms with van der Waals surface area (Å²) in [7, 11) is 9.76. The molecule has 0 bridgehead atoms. The van der Waals surface area contributed by atoms with Gasteiger partial charge in [-0.05, 0) is 23.8 Å². The lowest BCUT2D eigenvalue weighted by Gasteiger charge is -2.09. The molecule has 21 heavy (non-hydrogen) atoms. The second-order valence-corrected chi connectivity index (χ2v) is 3.90. The molecule has 0 spiro atoms. The standard InChI is InChI=1S/C13H11B2NO5/c14-12(18)20-6-10(7-21-13(15)19)5-9-1-3-11(4-2-9)16-8-17/h1-5,8H,6-7H2,(H,16,17). The second-order valence-electron chi connectivity index (χ2n) is 3.90. The summed E-state index contributed by atoms with van der Waals surface area (Å²) in [6.07, 6.45) is 2.22. The monoisotopic (exact) mass is 283 g/mol. The van der Waals surface area contributed by atoms with Crippen molar-refractivity contribution >= 4 is 45.6 Å². The minimum atomic E-state index is -0.939. The molecule has 8 heteroatoms. The molecule has 104 valence electrons. The Kier molecular flexibility index (Phi) is 6.80. The zero-order valence-electron chi connectivity index (χ0n) is 11.1. The van der Waals surface area contributed by atoms with Gasteiger partial charge in [0, 0.05) is 11.3 Å². The third-order valence-electron chi connectivity index (χ3n) is 2.31. The maximum Gasteiger partial charge on any atom is 0.236 e. The molecule has 1 rings (SSSR count). The van der Waals surface area contributed by atoms with Gasteiger partial charge in [-0.2, -0.15) is 0 Å². The SMILES string of the molecule is [B]C(=O)OCC(=Cc1ccc(NC=O)cc1)COC([B])=O. The Morgan fingerprint density at radius 1 is 1.05 bits per heavy atom. The summed E-state index contributed by atoms with van der Waals surface area (Å²) in [6, 6.07) is 6.81. The van der Waals surface area contributed by atoms with Crippen molar-refractivity contribution < 1.29 is 23.9 Å². The molecular formula is C13H11B2NO5. The van der Waals surface area contributed by atoms with Crippen LogP contribution in [0.1, 0.15) is 5.56 Å². The van der Waals surface area contributed by atoms with Crippen LogP contribution in [0.4, 0.5) is 15.3 Å². The molecular weight excluding hydrogens is 272 g/mol. The molecule has 0 aliphatic carbocycles. The summed E-state index contributed by atoms with van der Waals surface area (Å²) in [5.41, 5.74) is 1.87. The predicted molar refractivity (Wildman–Crippen MR) is 78.3 cm³/mol. The van der Waals surface area contributed by atoms with Crippen LogP contribution < -0.4 is 5.32 Å². The molecule has 1 aromatic rings. The quantitative estimate of drug-likeness (QED) is 0.601. The van der Waals surface area contributed by atoms with Crippen LogP contribution in [0.25, 0.3) is 6.08 Å². The number of ether oxygens (including phenoxy) is 2. The highest BCUT2D eigenvalue weighted by Crippen LogP contribution is 2.13. The van der Waals surface area contributed by atoms with Crippen LogP contribution in [0.15, 0.2) is 29.8 Å².